The predicted octanol–water partition coefficient (Wildman–Crippen LogP) is 4.47. The highest BCUT2D eigenvalue weighted by Crippen LogP contribution is 2.67. The van der Waals surface area contributed by atoms with Crippen LogP contribution in [0, 0.1) is 0 Å². The molecule has 26 heavy (non-hydrogen) atoms. The standard InChI is InChI=1S/C22H30O4/c1-23-7-9-25-21-17-13-3-5-15(11-13)19(17)22(26-10-8-24-2)20-16-6-4-14(12-16)18(20)21/h13-16H,3-12H2,1-2H3. The van der Waals surface area contributed by atoms with Gasteiger partial charge in [-0.25, -0.2) is 0 Å². The quantitative estimate of drug-likeness (QED) is 0.643. The van der Waals surface area contributed by atoms with Crippen LogP contribution in [-0.4, -0.2) is 40.6 Å². The van der Waals surface area contributed by atoms with Gasteiger partial charge in [-0.15, -0.1) is 0 Å². The SMILES string of the molecule is COCCOc1c2c(c(OCCOC)c3c1C1CCC3C1)C1CCC2C1. The monoisotopic (exact) mass is 358 g/mol. The van der Waals surface area contributed by atoms with Gasteiger partial charge in [0.15, 0.2) is 0 Å². The van der Waals surface area contributed by atoms with Crippen molar-refractivity contribution in [3.63, 3.8) is 0 Å². The molecule has 0 heterocycles. The van der Waals surface area contributed by atoms with Crippen LogP contribution in [-0.2, 0) is 9.47 Å². The molecular weight excluding hydrogens is 328 g/mol. The molecule has 0 aromatic heterocycles. The molecule has 1 aromatic rings. The molecule has 5 rings (SSSR count). The van der Waals surface area contributed by atoms with Gasteiger partial charge < -0.3 is 18.9 Å². The summed E-state index contributed by atoms with van der Waals surface area (Å²) in [5, 5.41) is 0. The number of rotatable bonds is 8. The van der Waals surface area contributed by atoms with Crippen LogP contribution < -0.4 is 9.47 Å². The fraction of sp³-hybridized carbons (Fsp3) is 0.727. The van der Waals surface area contributed by atoms with E-state index >= 15 is 0 Å². The molecule has 4 aliphatic carbocycles. The van der Waals surface area contributed by atoms with Gasteiger partial charge in [-0.3, -0.25) is 0 Å². The number of fused-ring (bicyclic) bond motifs is 10. The van der Waals surface area contributed by atoms with E-state index in [0.29, 0.717) is 50.1 Å². The van der Waals surface area contributed by atoms with E-state index in [2.05, 4.69) is 0 Å². The molecule has 4 heteroatoms. The Labute approximate surface area is 156 Å². The lowest BCUT2D eigenvalue weighted by molar-refractivity contribution is 0.142. The van der Waals surface area contributed by atoms with Crippen molar-refractivity contribution in [2.75, 3.05) is 40.6 Å². The Morgan fingerprint density at radius 3 is 1.23 bits per heavy atom. The Kier molecular flexibility index (Phi) is 4.36. The number of hydrogen-bond acceptors (Lipinski definition) is 4. The Bertz CT molecular complexity index is 594. The van der Waals surface area contributed by atoms with Crippen LogP contribution in [0.15, 0.2) is 0 Å². The molecule has 142 valence electrons. The number of ether oxygens (including phenoxy) is 4. The van der Waals surface area contributed by atoms with Crippen LogP contribution in [0.3, 0.4) is 0 Å². The van der Waals surface area contributed by atoms with Crippen LogP contribution in [0.4, 0.5) is 0 Å². The topological polar surface area (TPSA) is 36.9 Å². The van der Waals surface area contributed by atoms with Crippen LogP contribution in [0.25, 0.3) is 0 Å². The van der Waals surface area contributed by atoms with E-state index in [0.717, 1.165) is 0 Å². The molecule has 2 fully saturated rings. The van der Waals surface area contributed by atoms with E-state index in [1.54, 1.807) is 14.2 Å². The Hall–Kier alpha value is -1.26. The molecule has 4 bridgehead atoms. The Morgan fingerprint density at radius 2 is 0.923 bits per heavy atom. The summed E-state index contributed by atoms with van der Waals surface area (Å²) in [6.45, 7) is 2.59. The van der Waals surface area contributed by atoms with E-state index in [9.17, 15) is 0 Å². The maximum absolute atomic E-state index is 6.41. The fourth-order valence-electron chi connectivity index (χ4n) is 6.18. The summed E-state index contributed by atoms with van der Waals surface area (Å²) in [5.74, 6) is 5.13. The maximum atomic E-state index is 6.41. The molecule has 4 atom stereocenters. The maximum Gasteiger partial charge on any atom is 0.127 e. The van der Waals surface area contributed by atoms with Crippen molar-refractivity contribution in [1.82, 2.24) is 0 Å². The van der Waals surface area contributed by atoms with Gasteiger partial charge in [0, 0.05) is 36.5 Å². The van der Waals surface area contributed by atoms with Crippen LogP contribution in [0.1, 0.15) is 84.5 Å². The molecule has 1 aromatic carbocycles. The summed E-state index contributed by atoms with van der Waals surface area (Å²) in [4.78, 5) is 0. The van der Waals surface area contributed by atoms with Crippen molar-refractivity contribution in [1.29, 1.82) is 0 Å². The summed E-state index contributed by atoms with van der Waals surface area (Å²) < 4.78 is 23.3. The average molecular weight is 358 g/mol. The highest BCUT2D eigenvalue weighted by atomic mass is 16.5. The zero-order valence-electron chi connectivity index (χ0n) is 16.0. The minimum atomic E-state index is 0.647. The average Bonchev–Trinajstić information content (AvgIpc) is 3.43. The fourth-order valence-corrected chi connectivity index (χ4v) is 6.18. The minimum absolute atomic E-state index is 0.647. The number of benzene rings is 1. The van der Waals surface area contributed by atoms with Gasteiger partial charge in [0.05, 0.1) is 13.2 Å². The molecule has 4 aliphatic rings. The second-order valence-electron chi connectivity index (χ2n) is 8.41. The molecule has 0 saturated heterocycles. The molecule has 2 saturated carbocycles. The highest BCUT2D eigenvalue weighted by Gasteiger charge is 2.49. The first kappa shape index (κ1) is 16.9. The third kappa shape index (κ3) is 2.41. The van der Waals surface area contributed by atoms with Gasteiger partial charge in [-0.05, 0) is 62.2 Å². The summed E-state index contributed by atoms with van der Waals surface area (Å²) in [6.07, 6.45) is 7.81. The van der Waals surface area contributed by atoms with Crippen molar-refractivity contribution in [3.05, 3.63) is 22.3 Å². The third-order valence-corrected chi connectivity index (χ3v) is 7.12. The molecule has 4 nitrogen and oxygen atoms in total. The molecule has 0 spiro atoms. The van der Waals surface area contributed by atoms with Crippen molar-refractivity contribution in [3.8, 4) is 11.5 Å². The van der Waals surface area contributed by atoms with Crippen molar-refractivity contribution >= 4 is 0 Å². The van der Waals surface area contributed by atoms with Gasteiger partial charge in [-0.1, -0.05) is 0 Å². The van der Waals surface area contributed by atoms with Gasteiger partial charge in [0.1, 0.15) is 24.7 Å². The summed E-state index contributed by atoms with van der Waals surface area (Å²) in [7, 11) is 3.49. The van der Waals surface area contributed by atoms with Crippen LogP contribution in [0.5, 0.6) is 11.5 Å². The highest BCUT2D eigenvalue weighted by molar-refractivity contribution is 5.68. The lowest BCUT2D eigenvalue weighted by Gasteiger charge is -2.30. The first-order chi connectivity index (χ1) is 12.8. The normalized spacial score (nSPS) is 29.9. The number of hydrogen-bond donors (Lipinski definition) is 0. The molecule has 0 aliphatic heterocycles. The van der Waals surface area contributed by atoms with E-state index in [1.165, 1.54) is 72.3 Å². The summed E-state index contributed by atoms with van der Waals surface area (Å²) in [6, 6.07) is 0. The largest absolute Gasteiger partial charge is 0.491 e. The third-order valence-electron chi connectivity index (χ3n) is 7.12. The molecule has 0 amide bonds. The van der Waals surface area contributed by atoms with Crippen molar-refractivity contribution in [2.24, 2.45) is 0 Å². The molecule has 0 radical (unpaired) electrons. The summed E-state index contributed by atoms with van der Waals surface area (Å²) in [5.41, 5.74) is 5.99. The zero-order valence-corrected chi connectivity index (χ0v) is 16.0. The Balaban J connectivity index is 1.63. The first-order valence-electron chi connectivity index (χ1n) is 10.3. The van der Waals surface area contributed by atoms with E-state index < -0.39 is 0 Å². The predicted molar refractivity (Wildman–Crippen MR) is 99.9 cm³/mol. The summed E-state index contributed by atoms with van der Waals surface area (Å²) >= 11 is 0. The Morgan fingerprint density at radius 1 is 0.577 bits per heavy atom. The molecular formula is C22H30O4. The molecule has 4 unspecified atom stereocenters. The molecule has 0 N–H and O–H groups in total. The van der Waals surface area contributed by atoms with Gasteiger partial charge in [0.2, 0.25) is 0 Å². The van der Waals surface area contributed by atoms with Crippen molar-refractivity contribution in [2.45, 2.75) is 62.2 Å². The van der Waals surface area contributed by atoms with Crippen LogP contribution in [0.2, 0.25) is 0 Å². The number of methoxy groups -OCH3 is 2. The van der Waals surface area contributed by atoms with E-state index in [4.69, 9.17) is 18.9 Å². The first-order valence-corrected chi connectivity index (χ1v) is 10.3. The second kappa shape index (κ2) is 6.72. The van der Waals surface area contributed by atoms with E-state index in [1.807, 2.05) is 0 Å². The lowest BCUT2D eigenvalue weighted by atomic mass is 9.81. The zero-order chi connectivity index (χ0) is 17.7. The second-order valence-corrected chi connectivity index (χ2v) is 8.41. The van der Waals surface area contributed by atoms with Gasteiger partial charge in [-0.2, -0.15) is 0 Å². The van der Waals surface area contributed by atoms with E-state index in [-0.39, 0.29) is 0 Å². The van der Waals surface area contributed by atoms with Crippen molar-refractivity contribution < 1.29 is 18.9 Å². The smallest absolute Gasteiger partial charge is 0.127 e. The van der Waals surface area contributed by atoms with Gasteiger partial charge >= 0.3 is 0 Å². The van der Waals surface area contributed by atoms with Gasteiger partial charge in [0.25, 0.3) is 0 Å². The van der Waals surface area contributed by atoms with Crippen LogP contribution >= 0.6 is 0 Å². The minimum Gasteiger partial charge on any atom is -0.491 e. The lowest BCUT2D eigenvalue weighted by Crippen LogP contribution is -2.16.